The maximum absolute atomic E-state index is 13.7. The number of carbonyl (C=O) groups is 3. The molecule has 3 N–H and O–H groups in total. The molecule has 0 bridgehead atoms. The minimum absolute atomic E-state index is 0.0611. The number of hydrogen-bond acceptors (Lipinski definition) is 7. The minimum atomic E-state index is -0.966. The van der Waals surface area contributed by atoms with E-state index in [4.69, 9.17) is 9.84 Å². The van der Waals surface area contributed by atoms with Crippen molar-refractivity contribution in [2.45, 2.75) is 32.5 Å². The number of anilines is 1. The summed E-state index contributed by atoms with van der Waals surface area (Å²) in [5, 5.41) is 21.9. The molecule has 0 aliphatic carbocycles. The van der Waals surface area contributed by atoms with Crippen LogP contribution in [0.25, 0.3) is 0 Å². The van der Waals surface area contributed by atoms with Crippen molar-refractivity contribution in [3.05, 3.63) is 89.2 Å². The third-order valence-electron chi connectivity index (χ3n) is 7.01. The average Bonchev–Trinajstić information content (AvgIpc) is 2.95. The Labute approximate surface area is 233 Å². The summed E-state index contributed by atoms with van der Waals surface area (Å²) in [5.74, 6) is -1.24. The summed E-state index contributed by atoms with van der Waals surface area (Å²) in [7, 11) is 1.96. The predicted octanol–water partition coefficient (Wildman–Crippen LogP) is 3.38. The molecule has 2 amide bonds. The molecule has 4 rings (SSSR count). The molecule has 1 aliphatic heterocycles. The number of rotatable bonds is 9. The van der Waals surface area contributed by atoms with Gasteiger partial charge >= 0.3 is 5.97 Å². The standard InChI is InChI=1S/C30H34N4O6/c1-19-15-34(20(2)18-35)29(37)25-14-24(32-28(36)22-10-12-31-13-11-22)8-9-26(25)40-27(19)17-33(3)16-21-4-6-23(7-5-21)30(38)39/h4-14,19-20,27,35H,15-18H2,1-3H3,(H,32,36)(H,38,39)/t19-,20+,27+/m1/s1. The number of carbonyl (C=O) groups excluding carboxylic acids is 2. The molecular formula is C30H34N4O6. The fourth-order valence-electron chi connectivity index (χ4n) is 4.66. The molecule has 40 heavy (non-hydrogen) atoms. The van der Waals surface area contributed by atoms with Gasteiger partial charge in [0.05, 0.1) is 23.8 Å². The van der Waals surface area contributed by atoms with Crippen LogP contribution < -0.4 is 10.1 Å². The number of carboxylic acids is 1. The lowest BCUT2D eigenvalue weighted by Gasteiger charge is -2.38. The van der Waals surface area contributed by atoms with Gasteiger partial charge in [-0.25, -0.2) is 4.79 Å². The Kier molecular flexibility index (Phi) is 9.13. The van der Waals surface area contributed by atoms with Crippen LogP contribution in [0.2, 0.25) is 0 Å². The van der Waals surface area contributed by atoms with E-state index >= 15 is 0 Å². The Morgan fingerprint density at radius 2 is 1.82 bits per heavy atom. The molecule has 10 nitrogen and oxygen atoms in total. The largest absolute Gasteiger partial charge is 0.488 e. The zero-order valence-corrected chi connectivity index (χ0v) is 22.8. The molecule has 0 unspecified atom stereocenters. The fraction of sp³-hybridized carbons (Fsp3) is 0.333. The summed E-state index contributed by atoms with van der Waals surface area (Å²) in [6, 6.07) is 14.5. The van der Waals surface area contributed by atoms with E-state index in [0.29, 0.717) is 42.2 Å². The van der Waals surface area contributed by atoms with Crippen LogP contribution in [0.5, 0.6) is 5.75 Å². The molecule has 3 aromatic rings. The van der Waals surface area contributed by atoms with Crippen molar-refractivity contribution in [1.29, 1.82) is 0 Å². The van der Waals surface area contributed by atoms with Gasteiger partial charge in [-0.05, 0) is 62.0 Å². The number of aromatic nitrogens is 1. The Hall–Kier alpha value is -4.28. The summed E-state index contributed by atoms with van der Waals surface area (Å²) < 4.78 is 6.43. The monoisotopic (exact) mass is 546 g/mol. The summed E-state index contributed by atoms with van der Waals surface area (Å²) >= 11 is 0. The van der Waals surface area contributed by atoms with E-state index in [1.54, 1.807) is 66.4 Å². The van der Waals surface area contributed by atoms with Crippen molar-refractivity contribution >= 4 is 23.5 Å². The second-order valence-electron chi connectivity index (χ2n) is 10.2. The van der Waals surface area contributed by atoms with Crippen molar-refractivity contribution < 1.29 is 29.3 Å². The van der Waals surface area contributed by atoms with Gasteiger partial charge in [0.15, 0.2) is 0 Å². The predicted molar refractivity (Wildman–Crippen MR) is 150 cm³/mol. The van der Waals surface area contributed by atoms with Crippen LogP contribution in [0.4, 0.5) is 5.69 Å². The van der Waals surface area contributed by atoms with Crippen LogP contribution >= 0.6 is 0 Å². The Bertz CT molecular complexity index is 1350. The Morgan fingerprint density at radius 3 is 2.48 bits per heavy atom. The van der Waals surface area contributed by atoms with Gasteiger partial charge < -0.3 is 25.2 Å². The number of amides is 2. The van der Waals surface area contributed by atoms with E-state index < -0.39 is 12.0 Å². The van der Waals surface area contributed by atoms with Gasteiger partial charge in [-0.2, -0.15) is 0 Å². The van der Waals surface area contributed by atoms with Gasteiger partial charge in [0.25, 0.3) is 11.8 Å². The van der Waals surface area contributed by atoms with Crippen LogP contribution in [0.15, 0.2) is 67.0 Å². The molecule has 0 saturated heterocycles. The van der Waals surface area contributed by atoms with Gasteiger partial charge in [0.2, 0.25) is 0 Å². The topological polar surface area (TPSA) is 132 Å². The first-order chi connectivity index (χ1) is 19.2. The first-order valence-corrected chi connectivity index (χ1v) is 13.1. The lowest BCUT2D eigenvalue weighted by molar-refractivity contribution is 0.0341. The number of pyridine rings is 1. The summed E-state index contributed by atoms with van der Waals surface area (Å²) in [4.78, 5) is 45.2. The average molecular weight is 547 g/mol. The van der Waals surface area contributed by atoms with Crippen molar-refractivity contribution in [3.8, 4) is 5.75 Å². The van der Waals surface area contributed by atoms with Gasteiger partial charge in [-0.1, -0.05) is 19.1 Å². The van der Waals surface area contributed by atoms with Gasteiger partial charge in [0.1, 0.15) is 11.9 Å². The number of fused-ring (bicyclic) bond motifs is 1. The van der Waals surface area contributed by atoms with E-state index in [1.807, 2.05) is 14.0 Å². The molecular weight excluding hydrogens is 512 g/mol. The lowest BCUT2D eigenvalue weighted by atomic mass is 9.99. The first kappa shape index (κ1) is 28.7. The van der Waals surface area contributed by atoms with Crippen LogP contribution in [0.3, 0.4) is 0 Å². The number of nitrogens with zero attached hydrogens (tertiary/aromatic N) is 3. The van der Waals surface area contributed by atoms with Crippen LogP contribution in [-0.2, 0) is 6.54 Å². The second kappa shape index (κ2) is 12.7. The first-order valence-electron chi connectivity index (χ1n) is 13.1. The van der Waals surface area contributed by atoms with Crippen molar-refractivity contribution in [1.82, 2.24) is 14.8 Å². The summed E-state index contributed by atoms with van der Waals surface area (Å²) in [5.41, 5.74) is 2.39. The number of aromatic carboxylic acids is 1. The van der Waals surface area contributed by atoms with E-state index in [2.05, 4.69) is 15.2 Å². The molecule has 210 valence electrons. The van der Waals surface area contributed by atoms with Crippen LogP contribution in [0, 0.1) is 5.92 Å². The molecule has 0 spiro atoms. The second-order valence-corrected chi connectivity index (χ2v) is 10.2. The summed E-state index contributed by atoms with van der Waals surface area (Å²) in [6.07, 6.45) is 2.77. The van der Waals surface area contributed by atoms with Crippen LogP contribution in [-0.4, -0.2) is 81.7 Å². The maximum Gasteiger partial charge on any atom is 0.335 e. The lowest BCUT2D eigenvalue weighted by Crippen LogP contribution is -2.49. The SMILES string of the molecule is C[C@@H]1CN([C@@H](C)CO)C(=O)c2cc(NC(=O)c3ccncc3)ccc2O[C@H]1CN(C)Cc1ccc(C(=O)O)cc1. The number of aliphatic hydroxyl groups is 1. The molecule has 0 radical (unpaired) electrons. The third-order valence-corrected chi connectivity index (χ3v) is 7.01. The molecule has 1 aliphatic rings. The Morgan fingerprint density at radius 1 is 1.12 bits per heavy atom. The number of nitrogens with one attached hydrogen (secondary N) is 1. The van der Waals surface area contributed by atoms with E-state index in [9.17, 15) is 19.5 Å². The smallest absolute Gasteiger partial charge is 0.335 e. The van der Waals surface area contributed by atoms with E-state index in [-0.39, 0.29) is 36.0 Å². The zero-order chi connectivity index (χ0) is 28.8. The number of likely N-dealkylation sites (N-methyl/N-ethyl adjacent to an activating group) is 1. The minimum Gasteiger partial charge on any atom is -0.488 e. The molecule has 2 heterocycles. The number of benzene rings is 2. The van der Waals surface area contributed by atoms with Gasteiger partial charge in [-0.15, -0.1) is 0 Å². The number of aliphatic hydroxyl groups excluding tert-OH is 1. The highest BCUT2D eigenvalue weighted by Gasteiger charge is 2.33. The Balaban J connectivity index is 1.57. The highest BCUT2D eigenvalue weighted by molar-refractivity contribution is 6.05. The van der Waals surface area contributed by atoms with Gasteiger partial charge in [-0.3, -0.25) is 19.5 Å². The van der Waals surface area contributed by atoms with Crippen molar-refractivity contribution in [3.63, 3.8) is 0 Å². The maximum atomic E-state index is 13.7. The molecule has 2 aromatic carbocycles. The summed E-state index contributed by atoms with van der Waals surface area (Å²) in [6.45, 7) is 5.11. The van der Waals surface area contributed by atoms with Crippen molar-refractivity contribution in [2.24, 2.45) is 5.92 Å². The fourth-order valence-corrected chi connectivity index (χ4v) is 4.66. The highest BCUT2D eigenvalue weighted by atomic mass is 16.5. The molecule has 3 atom stereocenters. The highest BCUT2D eigenvalue weighted by Crippen LogP contribution is 2.31. The van der Waals surface area contributed by atoms with E-state index in [0.717, 1.165) is 5.56 Å². The molecule has 10 heteroatoms. The van der Waals surface area contributed by atoms with Crippen LogP contribution in [0.1, 0.15) is 50.5 Å². The number of carboxylic acid groups (broad SMARTS) is 1. The zero-order valence-electron chi connectivity index (χ0n) is 22.8. The molecule has 0 fully saturated rings. The molecule has 0 saturated carbocycles. The van der Waals surface area contributed by atoms with Gasteiger partial charge in [0, 0.05) is 49.2 Å². The number of hydrogen-bond donors (Lipinski definition) is 3. The number of ether oxygens (including phenoxy) is 1. The quantitative estimate of drug-likeness (QED) is 0.372. The van der Waals surface area contributed by atoms with E-state index in [1.165, 1.54) is 12.4 Å². The normalized spacial score (nSPS) is 17.8. The third kappa shape index (κ3) is 6.83. The van der Waals surface area contributed by atoms with Crippen molar-refractivity contribution in [2.75, 3.05) is 32.1 Å². The molecule has 1 aromatic heterocycles.